The zero-order valence-corrected chi connectivity index (χ0v) is 11.3. The fourth-order valence-electron chi connectivity index (χ4n) is 2.52. The average molecular weight is 246 g/mol. The summed E-state index contributed by atoms with van der Waals surface area (Å²) in [7, 11) is 0. The van der Waals surface area contributed by atoms with E-state index >= 15 is 0 Å². The minimum absolute atomic E-state index is 0.276. The molecule has 0 N–H and O–H groups in total. The summed E-state index contributed by atoms with van der Waals surface area (Å²) in [5.74, 6) is 0.803. The number of ether oxygens (including phenoxy) is 1. The van der Waals surface area contributed by atoms with Crippen LogP contribution < -0.4 is 0 Å². The van der Waals surface area contributed by atoms with Crippen LogP contribution in [0.25, 0.3) is 0 Å². The molecule has 0 heterocycles. The first kappa shape index (κ1) is 13.3. The van der Waals surface area contributed by atoms with Crippen molar-refractivity contribution >= 4 is 5.78 Å². The first-order chi connectivity index (χ1) is 8.72. The fraction of sp³-hybridized carbons (Fsp3) is 0.562. The van der Waals surface area contributed by atoms with E-state index in [0.29, 0.717) is 18.4 Å². The van der Waals surface area contributed by atoms with Crippen LogP contribution in [-0.2, 0) is 11.2 Å². The smallest absolute Gasteiger partial charge is 0.163 e. The lowest BCUT2D eigenvalue weighted by Crippen LogP contribution is -2.32. The maximum absolute atomic E-state index is 12.1. The van der Waals surface area contributed by atoms with Crippen LogP contribution in [0.2, 0.25) is 0 Å². The number of rotatable bonds is 6. The van der Waals surface area contributed by atoms with Crippen molar-refractivity contribution in [2.45, 2.75) is 45.6 Å². The van der Waals surface area contributed by atoms with E-state index in [1.54, 1.807) is 0 Å². The number of ketones is 1. The number of carbonyl (C=O) groups excluding carboxylic acids is 1. The second-order valence-electron chi connectivity index (χ2n) is 5.09. The maximum atomic E-state index is 12.1. The van der Waals surface area contributed by atoms with Crippen LogP contribution in [-0.4, -0.2) is 18.5 Å². The lowest BCUT2D eigenvalue weighted by Gasteiger charge is -2.34. The number of carbonyl (C=O) groups is 1. The summed E-state index contributed by atoms with van der Waals surface area (Å²) in [5, 5.41) is 0. The van der Waals surface area contributed by atoms with Crippen molar-refractivity contribution in [3.8, 4) is 0 Å². The summed E-state index contributed by atoms with van der Waals surface area (Å²) < 4.78 is 5.51. The van der Waals surface area contributed by atoms with Crippen molar-refractivity contribution in [2.75, 3.05) is 6.61 Å². The standard InChI is InChI=1S/C16H22O2/c1-3-12-5-7-14(8-6-12)16(17)11-13-9-15(10-13)18-4-2/h5-8,13,15H,3-4,9-11H2,1-2H3. The number of benzene rings is 1. The van der Waals surface area contributed by atoms with Gasteiger partial charge in [-0.1, -0.05) is 31.2 Å². The maximum Gasteiger partial charge on any atom is 0.163 e. The molecule has 1 saturated carbocycles. The molecule has 0 unspecified atom stereocenters. The van der Waals surface area contributed by atoms with Crippen LogP contribution in [0.4, 0.5) is 0 Å². The molecule has 0 saturated heterocycles. The average Bonchev–Trinajstić information content (AvgIpc) is 2.36. The van der Waals surface area contributed by atoms with E-state index in [1.165, 1.54) is 5.56 Å². The zero-order chi connectivity index (χ0) is 13.0. The van der Waals surface area contributed by atoms with Gasteiger partial charge in [0.15, 0.2) is 5.78 Å². The number of hydrogen-bond donors (Lipinski definition) is 0. The minimum Gasteiger partial charge on any atom is -0.378 e. The molecule has 0 atom stereocenters. The summed E-state index contributed by atoms with van der Waals surface area (Å²) in [6.07, 6.45) is 4.19. The molecule has 98 valence electrons. The highest BCUT2D eigenvalue weighted by Gasteiger charge is 2.31. The van der Waals surface area contributed by atoms with E-state index in [0.717, 1.165) is 31.4 Å². The van der Waals surface area contributed by atoms with E-state index in [-0.39, 0.29) is 5.78 Å². The molecule has 0 amide bonds. The fourth-order valence-corrected chi connectivity index (χ4v) is 2.52. The number of Topliss-reactive ketones (excluding diaryl/α,β-unsaturated/α-hetero) is 1. The van der Waals surface area contributed by atoms with Gasteiger partial charge < -0.3 is 4.74 Å². The largest absolute Gasteiger partial charge is 0.378 e. The van der Waals surface area contributed by atoms with Crippen LogP contribution in [0.15, 0.2) is 24.3 Å². The third-order valence-electron chi connectivity index (χ3n) is 3.75. The number of hydrogen-bond acceptors (Lipinski definition) is 2. The van der Waals surface area contributed by atoms with E-state index < -0.39 is 0 Å². The second kappa shape index (κ2) is 6.14. The van der Waals surface area contributed by atoms with Crippen LogP contribution in [0.5, 0.6) is 0 Å². The van der Waals surface area contributed by atoms with Crippen molar-refractivity contribution in [3.63, 3.8) is 0 Å². The van der Waals surface area contributed by atoms with E-state index in [9.17, 15) is 4.79 Å². The molecule has 2 heteroatoms. The normalized spacial score (nSPS) is 22.6. The van der Waals surface area contributed by atoms with Gasteiger partial charge in [-0.05, 0) is 37.7 Å². The second-order valence-corrected chi connectivity index (χ2v) is 5.09. The highest BCUT2D eigenvalue weighted by Crippen LogP contribution is 2.33. The van der Waals surface area contributed by atoms with Gasteiger partial charge in [-0.2, -0.15) is 0 Å². The van der Waals surface area contributed by atoms with Gasteiger partial charge in [-0.3, -0.25) is 4.79 Å². The molecule has 1 fully saturated rings. The van der Waals surface area contributed by atoms with Gasteiger partial charge in [0.05, 0.1) is 6.10 Å². The molecule has 1 aliphatic carbocycles. The highest BCUT2D eigenvalue weighted by atomic mass is 16.5. The molecule has 0 spiro atoms. The van der Waals surface area contributed by atoms with Crippen LogP contribution in [0, 0.1) is 5.92 Å². The van der Waals surface area contributed by atoms with Gasteiger partial charge >= 0.3 is 0 Å². The molecule has 1 aromatic rings. The van der Waals surface area contributed by atoms with Crippen LogP contribution in [0.1, 0.15) is 49.0 Å². The Morgan fingerprint density at radius 3 is 2.44 bits per heavy atom. The molecule has 1 aliphatic rings. The Morgan fingerprint density at radius 2 is 1.89 bits per heavy atom. The highest BCUT2D eigenvalue weighted by molar-refractivity contribution is 5.96. The minimum atomic E-state index is 0.276. The molecule has 1 aromatic carbocycles. The van der Waals surface area contributed by atoms with Gasteiger partial charge in [0, 0.05) is 18.6 Å². The molecule has 18 heavy (non-hydrogen) atoms. The first-order valence-electron chi connectivity index (χ1n) is 6.96. The third-order valence-corrected chi connectivity index (χ3v) is 3.75. The summed E-state index contributed by atoms with van der Waals surface area (Å²) in [4.78, 5) is 12.1. The van der Waals surface area contributed by atoms with E-state index in [4.69, 9.17) is 4.74 Å². The molecule has 0 aliphatic heterocycles. The molecule has 2 nitrogen and oxygen atoms in total. The van der Waals surface area contributed by atoms with E-state index in [2.05, 4.69) is 19.1 Å². The summed E-state index contributed by atoms with van der Waals surface area (Å²) in [6.45, 7) is 4.93. The molecule has 0 aromatic heterocycles. The van der Waals surface area contributed by atoms with Crippen molar-refractivity contribution in [2.24, 2.45) is 5.92 Å². The lowest BCUT2D eigenvalue weighted by atomic mass is 9.78. The van der Waals surface area contributed by atoms with Gasteiger partial charge in [0.2, 0.25) is 0 Å². The Hall–Kier alpha value is -1.15. The monoisotopic (exact) mass is 246 g/mol. The Morgan fingerprint density at radius 1 is 1.22 bits per heavy atom. The Balaban J connectivity index is 1.81. The van der Waals surface area contributed by atoms with Crippen molar-refractivity contribution < 1.29 is 9.53 Å². The van der Waals surface area contributed by atoms with Crippen molar-refractivity contribution in [1.82, 2.24) is 0 Å². The summed E-state index contributed by atoms with van der Waals surface area (Å²) in [6, 6.07) is 8.02. The molecule has 0 radical (unpaired) electrons. The van der Waals surface area contributed by atoms with Gasteiger partial charge in [-0.15, -0.1) is 0 Å². The van der Waals surface area contributed by atoms with Gasteiger partial charge in [0.1, 0.15) is 0 Å². The third kappa shape index (κ3) is 3.20. The Labute approximate surface area is 109 Å². The zero-order valence-electron chi connectivity index (χ0n) is 11.3. The summed E-state index contributed by atoms with van der Waals surface area (Å²) >= 11 is 0. The SMILES string of the molecule is CCOC1CC(CC(=O)c2ccc(CC)cc2)C1. The van der Waals surface area contributed by atoms with Gasteiger partial charge in [-0.25, -0.2) is 0 Å². The molecule has 2 rings (SSSR count). The van der Waals surface area contributed by atoms with Crippen LogP contribution in [0.3, 0.4) is 0 Å². The predicted molar refractivity (Wildman–Crippen MR) is 72.9 cm³/mol. The molecule has 0 bridgehead atoms. The van der Waals surface area contributed by atoms with E-state index in [1.807, 2.05) is 19.1 Å². The summed E-state index contributed by atoms with van der Waals surface area (Å²) in [5.41, 5.74) is 2.14. The van der Waals surface area contributed by atoms with Crippen LogP contribution >= 0.6 is 0 Å². The predicted octanol–water partition coefficient (Wildman–Crippen LogP) is 3.64. The topological polar surface area (TPSA) is 26.3 Å². The first-order valence-corrected chi connectivity index (χ1v) is 6.96. The quantitative estimate of drug-likeness (QED) is 0.716. The van der Waals surface area contributed by atoms with Gasteiger partial charge in [0.25, 0.3) is 0 Å². The molecular formula is C16H22O2. The van der Waals surface area contributed by atoms with Crippen molar-refractivity contribution in [1.29, 1.82) is 0 Å². The molecular weight excluding hydrogens is 224 g/mol. The lowest BCUT2D eigenvalue weighted by molar-refractivity contribution is -0.0246. The van der Waals surface area contributed by atoms with Crippen molar-refractivity contribution in [3.05, 3.63) is 35.4 Å². The Kier molecular flexibility index (Phi) is 4.54. The number of aryl methyl sites for hydroxylation is 1. The Bertz CT molecular complexity index is 388.